The Labute approximate surface area is 114 Å². The van der Waals surface area contributed by atoms with E-state index in [4.69, 9.17) is 10.2 Å². The summed E-state index contributed by atoms with van der Waals surface area (Å²) in [5.74, 6) is -0.956. The number of rotatable bonds is 6. The Hall–Kier alpha value is -1.47. The fourth-order valence-electron chi connectivity index (χ4n) is 1.88. The molecule has 1 heterocycles. The van der Waals surface area contributed by atoms with Gasteiger partial charge in [0.2, 0.25) is 0 Å². The van der Waals surface area contributed by atoms with Crippen LogP contribution in [0.15, 0.2) is 24.3 Å². The van der Waals surface area contributed by atoms with Crippen molar-refractivity contribution in [1.29, 1.82) is 0 Å². The summed E-state index contributed by atoms with van der Waals surface area (Å²) in [5.41, 5.74) is 0.694. The molecule has 0 aliphatic rings. The molecule has 1 aromatic heterocycles. The lowest BCUT2D eigenvalue weighted by molar-refractivity contribution is 0.0701. The molecular formula is C13H15NO4S. The van der Waals surface area contributed by atoms with Crippen molar-refractivity contribution in [3.8, 4) is 0 Å². The molecule has 102 valence electrons. The number of aliphatic hydroxyl groups excluding tert-OH is 2. The molecular weight excluding hydrogens is 266 g/mol. The number of benzene rings is 1. The van der Waals surface area contributed by atoms with E-state index >= 15 is 0 Å². The van der Waals surface area contributed by atoms with Gasteiger partial charge in [0.1, 0.15) is 4.88 Å². The molecule has 2 aromatic rings. The minimum Gasteiger partial charge on any atom is -0.477 e. The van der Waals surface area contributed by atoms with E-state index in [1.54, 1.807) is 0 Å². The van der Waals surface area contributed by atoms with Crippen molar-refractivity contribution in [2.45, 2.75) is 12.6 Å². The summed E-state index contributed by atoms with van der Waals surface area (Å²) < 4.78 is 0.918. The molecule has 4 N–H and O–H groups in total. The molecule has 0 atom stereocenters. The summed E-state index contributed by atoms with van der Waals surface area (Å²) in [4.78, 5) is 11.6. The predicted octanol–water partition coefficient (Wildman–Crippen LogP) is 1.04. The number of carboxylic acids is 1. The highest BCUT2D eigenvalue weighted by molar-refractivity contribution is 7.21. The highest BCUT2D eigenvalue weighted by Crippen LogP contribution is 2.31. The van der Waals surface area contributed by atoms with E-state index in [-0.39, 0.29) is 13.2 Å². The van der Waals surface area contributed by atoms with Gasteiger partial charge in [-0.25, -0.2) is 4.79 Å². The van der Waals surface area contributed by atoms with E-state index < -0.39 is 12.0 Å². The highest BCUT2D eigenvalue weighted by atomic mass is 32.1. The molecule has 1 aromatic carbocycles. The van der Waals surface area contributed by atoms with Crippen LogP contribution >= 0.6 is 11.3 Å². The molecule has 0 saturated carbocycles. The Morgan fingerprint density at radius 1 is 1.26 bits per heavy atom. The monoisotopic (exact) mass is 281 g/mol. The molecule has 2 rings (SSSR count). The minimum atomic E-state index is -0.956. The Kier molecular flexibility index (Phi) is 4.49. The van der Waals surface area contributed by atoms with E-state index in [0.717, 1.165) is 10.1 Å². The van der Waals surface area contributed by atoms with Gasteiger partial charge in [-0.15, -0.1) is 11.3 Å². The van der Waals surface area contributed by atoms with Crippen LogP contribution in [-0.2, 0) is 6.54 Å². The Bertz CT molecular complexity index is 577. The maximum absolute atomic E-state index is 11.3. The Morgan fingerprint density at radius 2 is 1.95 bits per heavy atom. The zero-order chi connectivity index (χ0) is 13.8. The second-order valence-electron chi connectivity index (χ2n) is 4.15. The summed E-state index contributed by atoms with van der Waals surface area (Å²) >= 11 is 1.23. The summed E-state index contributed by atoms with van der Waals surface area (Å²) in [6, 6.07) is 7.04. The molecule has 0 bridgehead atoms. The van der Waals surface area contributed by atoms with Gasteiger partial charge < -0.3 is 20.6 Å². The van der Waals surface area contributed by atoms with Gasteiger partial charge in [0, 0.05) is 11.2 Å². The number of aromatic carboxylic acids is 1. The number of nitrogens with one attached hydrogen (secondary N) is 1. The fraction of sp³-hybridized carbons (Fsp3) is 0.308. The van der Waals surface area contributed by atoms with Crippen LogP contribution in [0.4, 0.5) is 0 Å². The van der Waals surface area contributed by atoms with Crippen molar-refractivity contribution in [2.24, 2.45) is 0 Å². The topological polar surface area (TPSA) is 89.8 Å². The van der Waals surface area contributed by atoms with Gasteiger partial charge in [0.05, 0.1) is 19.3 Å². The zero-order valence-corrected chi connectivity index (χ0v) is 11.0. The van der Waals surface area contributed by atoms with Crippen LogP contribution in [0.3, 0.4) is 0 Å². The van der Waals surface area contributed by atoms with Gasteiger partial charge in [-0.05, 0) is 17.0 Å². The van der Waals surface area contributed by atoms with Crippen molar-refractivity contribution in [1.82, 2.24) is 5.32 Å². The average Bonchev–Trinajstić information content (AvgIpc) is 2.79. The molecule has 6 heteroatoms. The lowest BCUT2D eigenvalue weighted by Gasteiger charge is -2.13. The van der Waals surface area contributed by atoms with Gasteiger partial charge in [-0.3, -0.25) is 0 Å². The van der Waals surface area contributed by atoms with Crippen molar-refractivity contribution in [3.63, 3.8) is 0 Å². The summed E-state index contributed by atoms with van der Waals surface area (Å²) in [7, 11) is 0. The summed E-state index contributed by atoms with van der Waals surface area (Å²) in [5, 5.41) is 31.1. The molecule has 19 heavy (non-hydrogen) atoms. The van der Waals surface area contributed by atoms with E-state index in [1.165, 1.54) is 11.3 Å². The third-order valence-corrected chi connectivity index (χ3v) is 4.10. The molecule has 0 unspecified atom stereocenters. The molecule has 0 aliphatic heterocycles. The van der Waals surface area contributed by atoms with Crippen LogP contribution in [0, 0.1) is 0 Å². The van der Waals surface area contributed by atoms with E-state index in [9.17, 15) is 9.90 Å². The second kappa shape index (κ2) is 6.12. The molecule has 0 amide bonds. The van der Waals surface area contributed by atoms with Crippen LogP contribution in [0.2, 0.25) is 0 Å². The van der Waals surface area contributed by atoms with Crippen molar-refractivity contribution in [2.75, 3.05) is 13.2 Å². The van der Waals surface area contributed by atoms with Crippen molar-refractivity contribution < 1.29 is 20.1 Å². The van der Waals surface area contributed by atoms with Gasteiger partial charge in [-0.2, -0.15) is 0 Å². The van der Waals surface area contributed by atoms with E-state index in [2.05, 4.69) is 5.32 Å². The lowest BCUT2D eigenvalue weighted by atomic mass is 10.1. The minimum absolute atomic E-state index is 0.193. The van der Waals surface area contributed by atoms with Crippen LogP contribution in [0.5, 0.6) is 0 Å². The fourth-order valence-corrected chi connectivity index (χ4v) is 2.94. The van der Waals surface area contributed by atoms with Crippen molar-refractivity contribution in [3.05, 3.63) is 34.7 Å². The largest absolute Gasteiger partial charge is 0.477 e. The number of carboxylic acid groups (broad SMARTS) is 1. The Balaban J connectivity index is 2.34. The number of thiophene rings is 1. The van der Waals surface area contributed by atoms with Gasteiger partial charge in [-0.1, -0.05) is 18.2 Å². The van der Waals surface area contributed by atoms with Crippen molar-refractivity contribution >= 4 is 27.4 Å². The van der Waals surface area contributed by atoms with Crippen LogP contribution in [-0.4, -0.2) is 40.5 Å². The number of carbonyl (C=O) groups is 1. The summed E-state index contributed by atoms with van der Waals surface area (Å²) in [6.45, 7) is -0.0839. The zero-order valence-electron chi connectivity index (χ0n) is 10.2. The first-order valence-corrected chi connectivity index (χ1v) is 6.67. The van der Waals surface area contributed by atoms with Gasteiger partial charge in [0.25, 0.3) is 0 Å². The predicted molar refractivity (Wildman–Crippen MR) is 73.6 cm³/mol. The van der Waals surface area contributed by atoms with Crippen LogP contribution in [0.25, 0.3) is 10.1 Å². The number of hydrogen-bond acceptors (Lipinski definition) is 5. The SMILES string of the molecule is O=C(O)c1sc2ccccc2c1CNC(CO)CO. The van der Waals surface area contributed by atoms with Crippen LogP contribution < -0.4 is 5.32 Å². The third-order valence-electron chi connectivity index (χ3n) is 2.90. The summed E-state index contributed by atoms with van der Waals surface area (Å²) in [6.07, 6.45) is 0. The average molecular weight is 281 g/mol. The second-order valence-corrected chi connectivity index (χ2v) is 5.21. The number of hydrogen-bond donors (Lipinski definition) is 4. The molecule has 5 nitrogen and oxygen atoms in total. The maximum Gasteiger partial charge on any atom is 0.346 e. The quantitative estimate of drug-likeness (QED) is 0.635. The standard InChI is InChI=1S/C13H15NO4S/c15-6-8(7-16)14-5-10-9-3-1-2-4-11(9)19-12(10)13(17)18/h1-4,8,14-16H,5-7H2,(H,17,18). The first-order chi connectivity index (χ1) is 9.17. The van der Waals surface area contributed by atoms with Gasteiger partial charge >= 0.3 is 5.97 Å². The third kappa shape index (κ3) is 2.93. The smallest absolute Gasteiger partial charge is 0.346 e. The normalized spacial score (nSPS) is 11.3. The van der Waals surface area contributed by atoms with E-state index in [0.29, 0.717) is 17.0 Å². The number of fused-ring (bicyclic) bond motifs is 1. The maximum atomic E-state index is 11.3. The molecule has 0 saturated heterocycles. The molecule has 0 radical (unpaired) electrons. The molecule has 0 aliphatic carbocycles. The first-order valence-electron chi connectivity index (χ1n) is 5.86. The van der Waals surface area contributed by atoms with Gasteiger partial charge in [0.15, 0.2) is 0 Å². The Morgan fingerprint density at radius 3 is 2.58 bits per heavy atom. The lowest BCUT2D eigenvalue weighted by Crippen LogP contribution is -2.35. The van der Waals surface area contributed by atoms with E-state index in [1.807, 2.05) is 24.3 Å². The van der Waals surface area contributed by atoms with Crippen LogP contribution in [0.1, 0.15) is 15.2 Å². The molecule has 0 spiro atoms. The highest BCUT2D eigenvalue weighted by Gasteiger charge is 2.18. The first kappa shape index (κ1) is 14.0. The number of aliphatic hydroxyl groups is 2. The molecule has 0 fully saturated rings.